The SMILES string of the molecule is C[C@H](O)CN(C)C(=O)Nc1ncc(Cc2cc(F)ccc2F)s1. The van der Waals surface area contributed by atoms with Crippen LogP contribution in [0.1, 0.15) is 17.4 Å². The van der Waals surface area contributed by atoms with Crippen LogP contribution in [0.15, 0.2) is 24.4 Å². The highest BCUT2D eigenvalue weighted by atomic mass is 32.1. The fraction of sp³-hybridized carbons (Fsp3) is 0.333. The molecule has 0 saturated heterocycles. The molecule has 0 aliphatic rings. The number of aliphatic hydroxyl groups excluding tert-OH is 1. The molecule has 1 heterocycles. The van der Waals surface area contributed by atoms with Crippen LogP contribution < -0.4 is 5.32 Å². The fourth-order valence-corrected chi connectivity index (χ4v) is 2.80. The number of hydrogen-bond donors (Lipinski definition) is 2. The molecule has 2 N–H and O–H groups in total. The van der Waals surface area contributed by atoms with Crippen LogP contribution in [0, 0.1) is 11.6 Å². The molecule has 23 heavy (non-hydrogen) atoms. The van der Waals surface area contributed by atoms with Crippen molar-refractivity contribution in [3.05, 3.63) is 46.5 Å². The predicted molar refractivity (Wildman–Crippen MR) is 84.6 cm³/mol. The average molecular weight is 341 g/mol. The number of nitrogens with zero attached hydrogens (tertiary/aromatic N) is 2. The van der Waals surface area contributed by atoms with Gasteiger partial charge in [-0.05, 0) is 30.7 Å². The van der Waals surface area contributed by atoms with Crippen LogP contribution in [0.3, 0.4) is 0 Å². The van der Waals surface area contributed by atoms with E-state index < -0.39 is 23.8 Å². The van der Waals surface area contributed by atoms with E-state index in [2.05, 4.69) is 10.3 Å². The van der Waals surface area contributed by atoms with Crippen molar-refractivity contribution in [3.63, 3.8) is 0 Å². The van der Waals surface area contributed by atoms with Crippen LogP contribution in [-0.4, -0.2) is 40.7 Å². The maximum Gasteiger partial charge on any atom is 0.323 e. The molecule has 0 unspecified atom stereocenters. The molecule has 2 amide bonds. The summed E-state index contributed by atoms with van der Waals surface area (Å²) in [5, 5.41) is 12.2. The van der Waals surface area contributed by atoms with Crippen LogP contribution in [-0.2, 0) is 6.42 Å². The first kappa shape index (κ1) is 17.3. The highest BCUT2D eigenvalue weighted by Gasteiger charge is 2.14. The number of hydrogen-bond acceptors (Lipinski definition) is 4. The van der Waals surface area contributed by atoms with E-state index in [0.717, 1.165) is 18.2 Å². The number of rotatable bonds is 5. The van der Waals surface area contributed by atoms with Crippen molar-refractivity contribution in [2.45, 2.75) is 19.4 Å². The molecule has 1 atom stereocenters. The number of urea groups is 1. The van der Waals surface area contributed by atoms with Gasteiger partial charge in [-0.25, -0.2) is 18.6 Å². The lowest BCUT2D eigenvalue weighted by atomic mass is 10.1. The molecule has 8 heteroatoms. The number of amides is 2. The molecule has 2 rings (SSSR count). The Kier molecular flexibility index (Phi) is 5.62. The number of anilines is 1. The number of halogens is 2. The smallest absolute Gasteiger partial charge is 0.323 e. The number of nitrogens with one attached hydrogen (secondary N) is 1. The summed E-state index contributed by atoms with van der Waals surface area (Å²) >= 11 is 1.19. The number of carbonyl (C=O) groups is 1. The summed E-state index contributed by atoms with van der Waals surface area (Å²) in [6.45, 7) is 1.78. The molecule has 0 aliphatic heterocycles. The van der Waals surface area contributed by atoms with Crippen LogP contribution in [0.4, 0.5) is 18.7 Å². The van der Waals surface area contributed by atoms with E-state index in [1.54, 1.807) is 14.0 Å². The Morgan fingerprint density at radius 3 is 2.91 bits per heavy atom. The van der Waals surface area contributed by atoms with Crippen molar-refractivity contribution >= 4 is 22.5 Å². The third kappa shape index (κ3) is 4.97. The Labute approximate surface area is 136 Å². The molecule has 0 spiro atoms. The normalized spacial score (nSPS) is 12.0. The summed E-state index contributed by atoms with van der Waals surface area (Å²) in [6, 6.07) is 2.89. The third-order valence-electron chi connectivity index (χ3n) is 3.02. The van der Waals surface area contributed by atoms with Gasteiger partial charge in [-0.2, -0.15) is 0 Å². The van der Waals surface area contributed by atoms with E-state index >= 15 is 0 Å². The minimum absolute atomic E-state index is 0.193. The van der Waals surface area contributed by atoms with E-state index in [1.165, 1.54) is 22.4 Å². The number of aromatic nitrogens is 1. The van der Waals surface area contributed by atoms with Crippen LogP contribution in [0.2, 0.25) is 0 Å². The molecular weight excluding hydrogens is 324 g/mol. The van der Waals surface area contributed by atoms with Crippen molar-refractivity contribution in [2.24, 2.45) is 0 Å². The summed E-state index contributed by atoms with van der Waals surface area (Å²) in [6.07, 6.45) is 1.08. The molecular formula is C15H17F2N3O2S. The zero-order valence-corrected chi connectivity index (χ0v) is 13.5. The Hall–Kier alpha value is -2.06. The average Bonchev–Trinajstić information content (AvgIpc) is 2.89. The van der Waals surface area contributed by atoms with E-state index in [0.29, 0.717) is 10.0 Å². The summed E-state index contributed by atoms with van der Waals surface area (Å²) in [5.74, 6) is -0.985. The van der Waals surface area contributed by atoms with Gasteiger partial charge in [-0.15, -0.1) is 11.3 Å². The molecule has 0 bridgehead atoms. The molecule has 124 valence electrons. The van der Waals surface area contributed by atoms with Gasteiger partial charge in [-0.3, -0.25) is 5.32 Å². The Balaban J connectivity index is 2.00. The van der Waals surface area contributed by atoms with Crippen molar-refractivity contribution in [1.82, 2.24) is 9.88 Å². The van der Waals surface area contributed by atoms with Crippen molar-refractivity contribution in [3.8, 4) is 0 Å². The van der Waals surface area contributed by atoms with Crippen LogP contribution >= 0.6 is 11.3 Å². The lowest BCUT2D eigenvalue weighted by Crippen LogP contribution is -2.36. The summed E-state index contributed by atoms with van der Waals surface area (Å²) in [7, 11) is 1.55. The zero-order chi connectivity index (χ0) is 17.0. The largest absolute Gasteiger partial charge is 0.392 e. The quantitative estimate of drug-likeness (QED) is 0.879. The van der Waals surface area contributed by atoms with E-state index in [1.807, 2.05) is 0 Å². The molecule has 0 saturated carbocycles. The summed E-state index contributed by atoms with van der Waals surface area (Å²) < 4.78 is 26.8. The summed E-state index contributed by atoms with van der Waals surface area (Å²) in [4.78, 5) is 18.0. The van der Waals surface area contributed by atoms with E-state index in [-0.39, 0.29) is 18.5 Å². The monoisotopic (exact) mass is 341 g/mol. The standard InChI is InChI=1S/C15H17F2N3O2S/c1-9(21)8-20(2)15(22)19-14-18-7-12(23-14)6-10-5-11(16)3-4-13(10)17/h3-5,7,9,21H,6,8H2,1-2H3,(H,18,19,22)/t9-/m0/s1. The number of likely N-dealkylation sites (N-methyl/N-ethyl adjacent to an activating group) is 1. The van der Waals surface area contributed by atoms with Crippen LogP contribution in [0.5, 0.6) is 0 Å². The van der Waals surface area contributed by atoms with Gasteiger partial charge < -0.3 is 10.0 Å². The van der Waals surface area contributed by atoms with Gasteiger partial charge in [0.2, 0.25) is 0 Å². The van der Waals surface area contributed by atoms with Crippen molar-refractivity contribution in [1.29, 1.82) is 0 Å². The first-order chi connectivity index (χ1) is 10.8. The summed E-state index contributed by atoms with van der Waals surface area (Å²) in [5.41, 5.74) is 0.234. The number of thiazole rings is 1. The Morgan fingerprint density at radius 1 is 1.48 bits per heavy atom. The predicted octanol–water partition coefficient (Wildman–Crippen LogP) is 2.86. The Morgan fingerprint density at radius 2 is 2.22 bits per heavy atom. The van der Waals surface area contributed by atoms with Gasteiger partial charge >= 0.3 is 6.03 Å². The van der Waals surface area contributed by atoms with Crippen molar-refractivity contribution in [2.75, 3.05) is 18.9 Å². The second kappa shape index (κ2) is 7.47. The van der Waals surface area contributed by atoms with Gasteiger partial charge in [0.25, 0.3) is 0 Å². The van der Waals surface area contributed by atoms with Gasteiger partial charge in [0.1, 0.15) is 11.6 Å². The number of aliphatic hydroxyl groups is 1. The maximum absolute atomic E-state index is 13.6. The molecule has 0 radical (unpaired) electrons. The fourth-order valence-electron chi connectivity index (χ4n) is 1.98. The minimum Gasteiger partial charge on any atom is -0.392 e. The first-order valence-electron chi connectivity index (χ1n) is 6.94. The van der Waals surface area contributed by atoms with E-state index in [4.69, 9.17) is 0 Å². The first-order valence-corrected chi connectivity index (χ1v) is 7.75. The minimum atomic E-state index is -0.631. The second-order valence-corrected chi connectivity index (χ2v) is 6.32. The Bertz CT molecular complexity index is 691. The lowest BCUT2D eigenvalue weighted by Gasteiger charge is -2.18. The molecule has 1 aromatic carbocycles. The molecule has 5 nitrogen and oxygen atoms in total. The van der Waals surface area contributed by atoms with E-state index in [9.17, 15) is 18.7 Å². The zero-order valence-electron chi connectivity index (χ0n) is 12.7. The van der Waals surface area contributed by atoms with Crippen molar-refractivity contribution < 1.29 is 18.7 Å². The molecule has 0 aliphatic carbocycles. The topological polar surface area (TPSA) is 65.5 Å². The molecule has 2 aromatic rings. The van der Waals surface area contributed by atoms with Crippen LogP contribution in [0.25, 0.3) is 0 Å². The second-order valence-electron chi connectivity index (χ2n) is 5.20. The lowest BCUT2D eigenvalue weighted by molar-refractivity contribution is 0.149. The maximum atomic E-state index is 13.6. The number of carbonyl (C=O) groups excluding carboxylic acids is 1. The molecule has 0 fully saturated rings. The van der Waals surface area contributed by atoms with Gasteiger partial charge in [-0.1, -0.05) is 0 Å². The third-order valence-corrected chi connectivity index (χ3v) is 3.94. The highest BCUT2D eigenvalue weighted by Crippen LogP contribution is 2.23. The number of benzene rings is 1. The van der Waals surface area contributed by atoms with Gasteiger partial charge in [0.15, 0.2) is 5.13 Å². The van der Waals surface area contributed by atoms with Gasteiger partial charge in [0, 0.05) is 31.1 Å². The highest BCUT2D eigenvalue weighted by molar-refractivity contribution is 7.15. The molecule has 1 aromatic heterocycles. The van der Waals surface area contributed by atoms with Gasteiger partial charge in [0.05, 0.1) is 6.10 Å².